The Labute approximate surface area is 94.2 Å². The SMILES string of the molecule is CCC1(CC)C(=O)NC(=O)N(CCN)C1=O. The summed E-state index contributed by atoms with van der Waals surface area (Å²) < 4.78 is 0. The number of hydrogen-bond donors (Lipinski definition) is 2. The van der Waals surface area contributed by atoms with Gasteiger partial charge in [-0.3, -0.25) is 19.8 Å². The maximum Gasteiger partial charge on any atom is 0.330 e. The highest BCUT2D eigenvalue weighted by Crippen LogP contribution is 2.31. The molecular weight excluding hydrogens is 210 g/mol. The summed E-state index contributed by atoms with van der Waals surface area (Å²) in [6.07, 6.45) is 0.755. The van der Waals surface area contributed by atoms with Gasteiger partial charge in [0, 0.05) is 13.1 Å². The number of hydrogen-bond acceptors (Lipinski definition) is 4. The molecule has 0 spiro atoms. The Morgan fingerprint density at radius 3 is 2.25 bits per heavy atom. The molecule has 1 heterocycles. The van der Waals surface area contributed by atoms with Crippen LogP contribution in [0.25, 0.3) is 0 Å². The first-order valence-corrected chi connectivity index (χ1v) is 5.41. The van der Waals surface area contributed by atoms with Crippen LogP contribution in [0.2, 0.25) is 0 Å². The third kappa shape index (κ3) is 1.69. The molecule has 0 aromatic rings. The van der Waals surface area contributed by atoms with E-state index in [9.17, 15) is 14.4 Å². The van der Waals surface area contributed by atoms with Crippen molar-refractivity contribution in [1.82, 2.24) is 10.2 Å². The second kappa shape index (κ2) is 4.61. The van der Waals surface area contributed by atoms with E-state index in [1.165, 1.54) is 0 Å². The highest BCUT2D eigenvalue weighted by Gasteiger charge is 2.51. The first kappa shape index (κ1) is 12.6. The molecule has 0 aromatic heterocycles. The van der Waals surface area contributed by atoms with Crippen molar-refractivity contribution >= 4 is 17.8 Å². The highest BCUT2D eigenvalue weighted by atomic mass is 16.2. The summed E-state index contributed by atoms with van der Waals surface area (Å²) in [4.78, 5) is 36.3. The number of barbiturate groups is 1. The minimum Gasteiger partial charge on any atom is -0.329 e. The number of urea groups is 1. The summed E-state index contributed by atoms with van der Waals surface area (Å²) in [6, 6.07) is -0.669. The predicted octanol–water partition coefficient (Wildman–Crippen LogP) is -0.170. The first-order valence-electron chi connectivity index (χ1n) is 5.41. The van der Waals surface area contributed by atoms with Gasteiger partial charge in [0.05, 0.1) is 0 Å². The number of nitrogens with zero attached hydrogens (tertiary/aromatic N) is 1. The fourth-order valence-electron chi connectivity index (χ4n) is 1.94. The summed E-state index contributed by atoms with van der Waals surface area (Å²) >= 11 is 0. The van der Waals surface area contributed by atoms with Gasteiger partial charge in [-0.15, -0.1) is 0 Å². The van der Waals surface area contributed by atoms with E-state index in [-0.39, 0.29) is 13.1 Å². The second-order valence-corrected chi connectivity index (χ2v) is 3.79. The standard InChI is InChI=1S/C10H17N3O3/c1-3-10(4-2)7(14)12-9(16)13(6-5-11)8(10)15/h3-6,11H2,1-2H3,(H,12,14,16). The van der Waals surface area contributed by atoms with Crippen LogP contribution < -0.4 is 11.1 Å². The molecule has 1 aliphatic rings. The van der Waals surface area contributed by atoms with Gasteiger partial charge < -0.3 is 5.73 Å². The molecule has 0 bridgehead atoms. The third-order valence-corrected chi connectivity index (χ3v) is 3.11. The summed E-state index contributed by atoms with van der Waals surface area (Å²) in [7, 11) is 0. The molecular formula is C10H17N3O3. The van der Waals surface area contributed by atoms with E-state index in [1.54, 1.807) is 13.8 Å². The first-order chi connectivity index (χ1) is 7.53. The van der Waals surface area contributed by atoms with Gasteiger partial charge in [0.1, 0.15) is 5.41 Å². The van der Waals surface area contributed by atoms with Crippen LogP contribution in [-0.2, 0) is 9.59 Å². The van der Waals surface area contributed by atoms with E-state index in [0.29, 0.717) is 12.8 Å². The van der Waals surface area contributed by atoms with Gasteiger partial charge in [-0.1, -0.05) is 13.8 Å². The zero-order valence-electron chi connectivity index (χ0n) is 9.58. The van der Waals surface area contributed by atoms with E-state index >= 15 is 0 Å². The molecule has 0 aliphatic carbocycles. The Bertz CT molecular complexity index is 323. The Kier molecular flexibility index (Phi) is 3.64. The number of nitrogens with two attached hydrogens (primary N) is 1. The molecule has 1 fully saturated rings. The largest absolute Gasteiger partial charge is 0.330 e. The van der Waals surface area contributed by atoms with E-state index in [4.69, 9.17) is 5.73 Å². The van der Waals surface area contributed by atoms with E-state index in [2.05, 4.69) is 5.32 Å². The molecule has 1 rings (SSSR count). The number of amides is 4. The van der Waals surface area contributed by atoms with Crippen molar-refractivity contribution in [3.05, 3.63) is 0 Å². The van der Waals surface area contributed by atoms with Gasteiger partial charge in [-0.2, -0.15) is 0 Å². The fourth-order valence-corrected chi connectivity index (χ4v) is 1.94. The van der Waals surface area contributed by atoms with Gasteiger partial charge in [-0.05, 0) is 12.8 Å². The monoisotopic (exact) mass is 227 g/mol. The molecule has 0 unspecified atom stereocenters. The molecule has 0 radical (unpaired) electrons. The van der Waals surface area contributed by atoms with Crippen molar-refractivity contribution in [2.24, 2.45) is 11.1 Å². The molecule has 6 heteroatoms. The van der Waals surface area contributed by atoms with E-state index in [1.807, 2.05) is 0 Å². The van der Waals surface area contributed by atoms with Crippen LogP contribution in [0.4, 0.5) is 4.79 Å². The lowest BCUT2D eigenvalue weighted by molar-refractivity contribution is -0.152. The normalized spacial score (nSPS) is 19.9. The van der Waals surface area contributed by atoms with Crippen molar-refractivity contribution in [3.8, 4) is 0 Å². The van der Waals surface area contributed by atoms with E-state index < -0.39 is 23.3 Å². The van der Waals surface area contributed by atoms with E-state index in [0.717, 1.165) is 4.90 Å². The van der Waals surface area contributed by atoms with Gasteiger partial charge in [0.25, 0.3) is 0 Å². The van der Waals surface area contributed by atoms with Crippen molar-refractivity contribution in [3.63, 3.8) is 0 Å². The lowest BCUT2D eigenvalue weighted by atomic mass is 9.78. The molecule has 4 amide bonds. The average molecular weight is 227 g/mol. The quantitative estimate of drug-likeness (QED) is 0.652. The van der Waals surface area contributed by atoms with Crippen LogP contribution in [0, 0.1) is 5.41 Å². The van der Waals surface area contributed by atoms with Crippen LogP contribution in [0.1, 0.15) is 26.7 Å². The molecule has 1 saturated heterocycles. The average Bonchev–Trinajstić information content (AvgIpc) is 2.26. The summed E-state index contributed by atoms with van der Waals surface area (Å²) in [5.41, 5.74) is 4.22. The zero-order chi connectivity index (χ0) is 12.3. The maximum absolute atomic E-state index is 12.1. The van der Waals surface area contributed by atoms with Crippen LogP contribution in [-0.4, -0.2) is 35.8 Å². The van der Waals surface area contributed by atoms with Crippen LogP contribution in [0.3, 0.4) is 0 Å². The molecule has 6 nitrogen and oxygen atoms in total. The number of nitrogens with one attached hydrogen (secondary N) is 1. The molecule has 1 aliphatic heterocycles. The fraction of sp³-hybridized carbons (Fsp3) is 0.700. The topological polar surface area (TPSA) is 92.5 Å². The minimum atomic E-state index is -1.11. The third-order valence-electron chi connectivity index (χ3n) is 3.11. The second-order valence-electron chi connectivity index (χ2n) is 3.79. The predicted molar refractivity (Wildman–Crippen MR) is 57.3 cm³/mol. The summed E-state index contributed by atoms with van der Waals surface area (Å²) in [6.45, 7) is 3.85. The lowest BCUT2D eigenvalue weighted by Crippen LogP contribution is -2.64. The summed E-state index contributed by atoms with van der Waals surface area (Å²) in [5, 5.41) is 2.21. The Balaban J connectivity index is 3.07. The molecule has 90 valence electrons. The molecule has 0 atom stereocenters. The zero-order valence-corrected chi connectivity index (χ0v) is 9.58. The van der Waals surface area contributed by atoms with Crippen LogP contribution in [0.5, 0.6) is 0 Å². The van der Waals surface area contributed by atoms with Crippen molar-refractivity contribution in [2.75, 3.05) is 13.1 Å². The highest BCUT2D eigenvalue weighted by molar-refractivity contribution is 6.19. The smallest absolute Gasteiger partial charge is 0.329 e. The summed E-state index contributed by atoms with van der Waals surface area (Å²) in [5.74, 6) is -0.933. The number of rotatable bonds is 4. The lowest BCUT2D eigenvalue weighted by Gasteiger charge is -2.38. The van der Waals surface area contributed by atoms with Gasteiger partial charge in [0.15, 0.2) is 0 Å². The molecule has 3 N–H and O–H groups in total. The number of carbonyl (C=O) groups is 3. The Hall–Kier alpha value is -1.43. The van der Waals surface area contributed by atoms with Crippen molar-refractivity contribution in [1.29, 1.82) is 0 Å². The van der Waals surface area contributed by atoms with Gasteiger partial charge in [0.2, 0.25) is 11.8 Å². The molecule has 0 saturated carbocycles. The number of carbonyl (C=O) groups excluding carboxylic acids is 3. The minimum absolute atomic E-state index is 0.139. The Morgan fingerprint density at radius 2 is 1.81 bits per heavy atom. The molecule has 0 aromatic carbocycles. The Morgan fingerprint density at radius 1 is 1.25 bits per heavy atom. The van der Waals surface area contributed by atoms with Gasteiger partial charge >= 0.3 is 6.03 Å². The van der Waals surface area contributed by atoms with Crippen LogP contribution in [0.15, 0.2) is 0 Å². The van der Waals surface area contributed by atoms with Gasteiger partial charge in [-0.25, -0.2) is 4.79 Å². The van der Waals surface area contributed by atoms with Crippen LogP contribution >= 0.6 is 0 Å². The molecule has 16 heavy (non-hydrogen) atoms. The number of imide groups is 2. The van der Waals surface area contributed by atoms with Crippen molar-refractivity contribution < 1.29 is 14.4 Å². The van der Waals surface area contributed by atoms with Crippen molar-refractivity contribution in [2.45, 2.75) is 26.7 Å². The maximum atomic E-state index is 12.1.